The van der Waals surface area contributed by atoms with Crippen LogP contribution in [-0.4, -0.2) is 113 Å². The summed E-state index contributed by atoms with van der Waals surface area (Å²) >= 11 is 6.34. The summed E-state index contributed by atoms with van der Waals surface area (Å²) in [6.07, 6.45) is 6.68. The van der Waals surface area contributed by atoms with Crippen LogP contribution in [-0.2, 0) is 4.74 Å². The second kappa shape index (κ2) is 14.7. The first kappa shape index (κ1) is 38.3. The molecule has 4 aromatic rings. The minimum atomic E-state index is -0.793. The third-order valence-corrected chi connectivity index (χ3v) is 13.3. The molecule has 8 rings (SSSR count). The highest BCUT2D eigenvalue weighted by molar-refractivity contribution is 6.30. The molecule has 3 fully saturated rings. The van der Waals surface area contributed by atoms with Gasteiger partial charge in [0, 0.05) is 86.8 Å². The highest BCUT2D eigenvalue weighted by atomic mass is 35.5. The summed E-state index contributed by atoms with van der Waals surface area (Å²) in [4.78, 5) is 41.9. The lowest BCUT2D eigenvalue weighted by molar-refractivity contribution is -0.00746. The largest absolute Gasteiger partial charge is 0.465 e. The molecule has 2 N–H and O–H groups in total. The molecular formula is C44H53ClN6O5. The number of halogens is 1. The Labute approximate surface area is 334 Å². The Hall–Kier alpha value is -4.58. The van der Waals surface area contributed by atoms with Crippen LogP contribution in [0.25, 0.3) is 16.6 Å². The van der Waals surface area contributed by atoms with E-state index >= 15 is 0 Å². The van der Waals surface area contributed by atoms with Gasteiger partial charge in [-0.3, -0.25) is 14.7 Å². The molecule has 4 aliphatic rings. The number of carboxylic acid groups (broad SMARTS) is 1. The number of methoxy groups -OCH3 is 1. The van der Waals surface area contributed by atoms with Crippen molar-refractivity contribution in [3.05, 3.63) is 88.7 Å². The number of aromatic nitrogens is 2. The molecule has 0 spiro atoms. The lowest BCUT2D eigenvalue weighted by atomic mass is 9.70. The summed E-state index contributed by atoms with van der Waals surface area (Å²) < 4.78 is 11.4. The predicted molar refractivity (Wildman–Crippen MR) is 220 cm³/mol. The Morgan fingerprint density at radius 2 is 1.82 bits per heavy atom. The van der Waals surface area contributed by atoms with E-state index in [-0.39, 0.29) is 22.4 Å². The average Bonchev–Trinajstić information content (AvgIpc) is 3.90. The van der Waals surface area contributed by atoms with Crippen LogP contribution in [0.15, 0.2) is 72.6 Å². The van der Waals surface area contributed by atoms with E-state index in [0.29, 0.717) is 23.6 Å². The van der Waals surface area contributed by atoms with Crippen molar-refractivity contribution in [3.63, 3.8) is 0 Å². The fraction of sp³-hybridized carbons (Fsp3) is 0.477. The number of piperazine rings is 2. The Kier molecular flexibility index (Phi) is 10.1. The van der Waals surface area contributed by atoms with Crippen LogP contribution in [0.2, 0.25) is 5.02 Å². The molecule has 2 aromatic carbocycles. The van der Waals surface area contributed by atoms with Gasteiger partial charge in [0.15, 0.2) is 0 Å². The van der Waals surface area contributed by atoms with Gasteiger partial charge in [-0.05, 0) is 84.0 Å². The van der Waals surface area contributed by atoms with E-state index in [1.807, 2.05) is 42.6 Å². The van der Waals surface area contributed by atoms with Crippen molar-refractivity contribution in [1.82, 2.24) is 24.7 Å². The number of carbonyl (C=O) groups excluding carboxylic acids is 1. The topological polar surface area (TPSA) is 114 Å². The molecular weight excluding hydrogens is 728 g/mol. The van der Waals surface area contributed by atoms with Crippen molar-refractivity contribution in [2.45, 2.75) is 65.0 Å². The number of anilines is 1. The number of likely N-dealkylation sites (tertiary alicyclic amines) is 2. The van der Waals surface area contributed by atoms with Gasteiger partial charge >= 0.3 is 12.1 Å². The number of benzene rings is 2. The van der Waals surface area contributed by atoms with Gasteiger partial charge in [0.2, 0.25) is 0 Å². The van der Waals surface area contributed by atoms with Gasteiger partial charge in [0.25, 0.3) is 0 Å². The van der Waals surface area contributed by atoms with Crippen LogP contribution in [0.1, 0.15) is 69.3 Å². The summed E-state index contributed by atoms with van der Waals surface area (Å²) in [5.74, 6) is 0.522. The molecule has 11 nitrogen and oxygen atoms in total. The molecule has 296 valence electrons. The standard InChI is InChI=1S/C44H53ClN6O5/c1-42(2,3)44-23-34(26-51(44)41(53)54)50(28-44)27-43(4)14-12-36(29-6-8-32(45)9-7-29)31(22-43)25-48-16-18-49(19-17-48)33-10-11-37(40(52)55-5)38(21-33)56-35-20-30-13-15-46-39(30)47-24-35/h6-11,13,15,20-21,24,34H,12,14,16-19,22-23,25-28H2,1-5H3,(H,46,47)(H,53,54). The van der Waals surface area contributed by atoms with Gasteiger partial charge in [-0.1, -0.05) is 57.0 Å². The smallest absolute Gasteiger partial charge is 0.407 e. The highest BCUT2D eigenvalue weighted by Gasteiger charge is 2.62. The number of amides is 1. The van der Waals surface area contributed by atoms with E-state index in [4.69, 9.17) is 21.1 Å². The number of rotatable bonds is 9. The first-order chi connectivity index (χ1) is 26.7. The number of fused-ring (bicyclic) bond motifs is 3. The molecule has 0 saturated carbocycles. The number of esters is 1. The lowest BCUT2D eigenvalue weighted by Gasteiger charge is -2.50. The molecule has 1 amide bonds. The van der Waals surface area contributed by atoms with E-state index in [1.165, 1.54) is 23.8 Å². The molecule has 0 radical (unpaired) electrons. The first-order valence-electron chi connectivity index (χ1n) is 19.8. The van der Waals surface area contributed by atoms with Crippen molar-refractivity contribution < 1.29 is 24.2 Å². The summed E-state index contributed by atoms with van der Waals surface area (Å²) in [5, 5.41) is 11.8. The van der Waals surface area contributed by atoms with Gasteiger partial charge in [-0.2, -0.15) is 0 Å². The maximum absolute atomic E-state index is 12.7. The second-order valence-electron chi connectivity index (χ2n) is 17.6. The van der Waals surface area contributed by atoms with Crippen LogP contribution in [0, 0.1) is 10.8 Å². The van der Waals surface area contributed by atoms with Gasteiger partial charge in [0.1, 0.15) is 22.7 Å². The fourth-order valence-corrected chi connectivity index (χ4v) is 10.0. The van der Waals surface area contributed by atoms with Gasteiger partial charge in [0.05, 0.1) is 18.8 Å². The van der Waals surface area contributed by atoms with Crippen LogP contribution < -0.4 is 9.64 Å². The second-order valence-corrected chi connectivity index (χ2v) is 18.1. The van der Waals surface area contributed by atoms with Gasteiger partial charge in [-0.25, -0.2) is 14.6 Å². The average molecular weight is 781 g/mol. The number of H-pyrrole nitrogens is 1. The Balaban J connectivity index is 0.982. The van der Waals surface area contributed by atoms with Crippen molar-refractivity contribution in [1.29, 1.82) is 0 Å². The van der Waals surface area contributed by atoms with Crippen molar-refractivity contribution in [2.24, 2.45) is 10.8 Å². The molecule has 12 heteroatoms. The van der Waals surface area contributed by atoms with Crippen LogP contribution in [0.3, 0.4) is 0 Å². The van der Waals surface area contributed by atoms with E-state index in [9.17, 15) is 14.7 Å². The summed E-state index contributed by atoms with van der Waals surface area (Å²) in [7, 11) is 1.38. The monoisotopic (exact) mass is 780 g/mol. The molecule has 3 unspecified atom stereocenters. The number of ether oxygens (including phenoxy) is 2. The molecule has 56 heavy (non-hydrogen) atoms. The predicted octanol–water partition coefficient (Wildman–Crippen LogP) is 8.41. The van der Waals surface area contributed by atoms with E-state index in [2.05, 4.69) is 64.5 Å². The van der Waals surface area contributed by atoms with Crippen LogP contribution in [0.4, 0.5) is 10.5 Å². The number of allylic oxidation sites excluding steroid dienone is 1. The number of hydrogen-bond donors (Lipinski definition) is 2. The zero-order valence-corrected chi connectivity index (χ0v) is 33.9. The van der Waals surface area contributed by atoms with E-state index in [1.54, 1.807) is 17.2 Å². The minimum Gasteiger partial charge on any atom is -0.465 e. The number of pyridine rings is 1. The molecule has 3 aliphatic heterocycles. The number of nitrogens with zero attached hydrogens (tertiary/aromatic N) is 5. The van der Waals surface area contributed by atoms with Gasteiger partial charge < -0.3 is 24.5 Å². The molecule has 5 heterocycles. The molecule has 3 saturated heterocycles. The Morgan fingerprint density at radius 3 is 2.54 bits per heavy atom. The minimum absolute atomic E-state index is 0.0730. The Morgan fingerprint density at radius 1 is 1.05 bits per heavy atom. The maximum atomic E-state index is 12.7. The maximum Gasteiger partial charge on any atom is 0.407 e. The SMILES string of the molecule is COC(=O)c1ccc(N2CCN(CC3=C(c4ccc(Cl)cc4)CCC(C)(CN4CC5(C(C)(C)C)CC4CN5C(=O)O)C3)CC2)cc1Oc1cnc2[nH]ccc2c1. The quantitative estimate of drug-likeness (QED) is 0.162. The summed E-state index contributed by atoms with van der Waals surface area (Å²) in [6.45, 7) is 15.7. The summed E-state index contributed by atoms with van der Waals surface area (Å²) in [5.41, 5.74) is 5.86. The molecule has 2 aromatic heterocycles. The molecule has 1 aliphatic carbocycles. The first-order valence-corrected chi connectivity index (χ1v) is 20.1. The van der Waals surface area contributed by atoms with Crippen molar-refractivity contribution in [3.8, 4) is 11.5 Å². The van der Waals surface area contributed by atoms with Crippen LogP contribution in [0.5, 0.6) is 11.5 Å². The van der Waals surface area contributed by atoms with Crippen LogP contribution >= 0.6 is 11.6 Å². The number of nitrogens with one attached hydrogen (secondary N) is 1. The van der Waals surface area contributed by atoms with Crippen molar-refractivity contribution in [2.75, 3.05) is 64.4 Å². The molecule has 3 atom stereocenters. The third kappa shape index (κ3) is 7.25. The van der Waals surface area contributed by atoms with E-state index < -0.39 is 12.1 Å². The highest BCUT2D eigenvalue weighted by Crippen LogP contribution is 2.52. The van der Waals surface area contributed by atoms with Gasteiger partial charge in [-0.15, -0.1) is 0 Å². The lowest BCUT2D eigenvalue weighted by Crippen LogP contribution is -2.62. The van der Waals surface area contributed by atoms with Crippen molar-refractivity contribution >= 4 is 46.0 Å². The van der Waals surface area contributed by atoms with E-state index in [0.717, 1.165) is 93.2 Å². The number of hydrogen-bond acceptors (Lipinski definition) is 8. The zero-order valence-electron chi connectivity index (χ0n) is 33.1. The summed E-state index contributed by atoms with van der Waals surface area (Å²) in [6, 6.07) is 18.1. The normalized spacial score (nSPS) is 24.6. The number of carbonyl (C=O) groups is 2. The number of aromatic amines is 1. The zero-order chi connectivity index (χ0) is 39.4. The third-order valence-electron chi connectivity index (χ3n) is 13.0. The Bertz CT molecular complexity index is 2150. The fourth-order valence-electron chi connectivity index (χ4n) is 9.90. The molecule has 2 bridgehead atoms.